The van der Waals surface area contributed by atoms with E-state index in [1.54, 1.807) is 45.4 Å². The average molecular weight is 345 g/mol. The number of rotatable bonds is 9. The van der Waals surface area contributed by atoms with Crippen LogP contribution in [0.4, 0.5) is 0 Å². The Morgan fingerprint density at radius 3 is 2.24 bits per heavy atom. The van der Waals surface area contributed by atoms with Gasteiger partial charge in [0.25, 0.3) is 5.91 Å². The van der Waals surface area contributed by atoms with Gasteiger partial charge in [-0.1, -0.05) is 12.1 Å². The molecular formula is C19H23NO5. The summed E-state index contributed by atoms with van der Waals surface area (Å²) in [6, 6.07) is 14.4. The second-order valence-electron chi connectivity index (χ2n) is 5.23. The Labute approximate surface area is 147 Å². The molecule has 2 aromatic rings. The molecule has 6 nitrogen and oxygen atoms in total. The van der Waals surface area contributed by atoms with E-state index in [2.05, 4.69) is 5.32 Å². The van der Waals surface area contributed by atoms with Crippen molar-refractivity contribution in [3.8, 4) is 23.0 Å². The summed E-state index contributed by atoms with van der Waals surface area (Å²) in [4.78, 5) is 12.1. The Morgan fingerprint density at radius 2 is 1.60 bits per heavy atom. The molecule has 0 spiro atoms. The minimum absolute atomic E-state index is 0.209. The van der Waals surface area contributed by atoms with Gasteiger partial charge in [-0.05, 0) is 43.3 Å². The highest BCUT2D eigenvalue weighted by atomic mass is 16.5. The number of para-hydroxylation sites is 2. The van der Waals surface area contributed by atoms with Gasteiger partial charge in [-0.3, -0.25) is 4.79 Å². The lowest BCUT2D eigenvalue weighted by atomic mass is 10.3. The number of carbonyl (C=O) groups excluding carboxylic acids is 1. The number of methoxy groups -OCH3 is 2. The van der Waals surface area contributed by atoms with Crippen LogP contribution in [0.2, 0.25) is 0 Å². The predicted molar refractivity (Wildman–Crippen MR) is 94.6 cm³/mol. The van der Waals surface area contributed by atoms with Crippen molar-refractivity contribution in [1.29, 1.82) is 0 Å². The molecule has 0 radical (unpaired) electrons. The van der Waals surface area contributed by atoms with Gasteiger partial charge >= 0.3 is 0 Å². The first-order chi connectivity index (χ1) is 12.1. The average Bonchev–Trinajstić information content (AvgIpc) is 2.65. The predicted octanol–water partition coefficient (Wildman–Crippen LogP) is 2.67. The molecule has 134 valence electrons. The van der Waals surface area contributed by atoms with Crippen LogP contribution in [-0.4, -0.2) is 39.4 Å². The standard InChI is InChI=1S/C19H23NO5/c1-14(25-16-10-8-15(22-2)9-11-16)19(21)20-12-13-24-18-7-5-4-6-17(18)23-3/h4-11,14H,12-13H2,1-3H3,(H,20,21)/t14-/m1/s1. The van der Waals surface area contributed by atoms with E-state index in [0.29, 0.717) is 30.4 Å². The molecule has 0 heterocycles. The fourth-order valence-electron chi connectivity index (χ4n) is 2.13. The summed E-state index contributed by atoms with van der Waals surface area (Å²) >= 11 is 0. The van der Waals surface area contributed by atoms with E-state index in [4.69, 9.17) is 18.9 Å². The first-order valence-electron chi connectivity index (χ1n) is 7.98. The van der Waals surface area contributed by atoms with Gasteiger partial charge in [-0.15, -0.1) is 0 Å². The summed E-state index contributed by atoms with van der Waals surface area (Å²) < 4.78 is 21.5. The molecule has 0 fully saturated rings. The molecule has 0 unspecified atom stereocenters. The van der Waals surface area contributed by atoms with E-state index in [1.165, 1.54) is 0 Å². The van der Waals surface area contributed by atoms with Gasteiger partial charge in [0.1, 0.15) is 18.1 Å². The molecule has 0 aliphatic rings. The third-order valence-corrected chi connectivity index (χ3v) is 3.47. The lowest BCUT2D eigenvalue weighted by Crippen LogP contribution is -2.38. The lowest BCUT2D eigenvalue weighted by Gasteiger charge is -2.15. The van der Waals surface area contributed by atoms with E-state index < -0.39 is 6.10 Å². The molecule has 0 bridgehead atoms. The summed E-state index contributed by atoms with van der Waals surface area (Å²) in [5, 5.41) is 2.78. The Bertz CT molecular complexity index is 672. The SMILES string of the molecule is COc1ccc(O[C@H](C)C(=O)NCCOc2ccccc2OC)cc1. The smallest absolute Gasteiger partial charge is 0.260 e. The van der Waals surface area contributed by atoms with Gasteiger partial charge < -0.3 is 24.3 Å². The van der Waals surface area contributed by atoms with Gasteiger partial charge in [-0.25, -0.2) is 0 Å². The summed E-state index contributed by atoms with van der Waals surface area (Å²) in [6.07, 6.45) is -0.611. The van der Waals surface area contributed by atoms with Crippen molar-refractivity contribution < 1.29 is 23.7 Å². The highest BCUT2D eigenvalue weighted by Crippen LogP contribution is 2.25. The number of nitrogens with one attached hydrogen (secondary N) is 1. The Kier molecular flexibility index (Phi) is 6.95. The first-order valence-corrected chi connectivity index (χ1v) is 7.98. The van der Waals surface area contributed by atoms with Crippen molar-refractivity contribution in [2.45, 2.75) is 13.0 Å². The minimum atomic E-state index is -0.611. The molecule has 2 aromatic carbocycles. The van der Waals surface area contributed by atoms with Crippen molar-refractivity contribution in [3.05, 3.63) is 48.5 Å². The molecule has 0 aromatic heterocycles. The van der Waals surface area contributed by atoms with Gasteiger partial charge in [-0.2, -0.15) is 0 Å². The van der Waals surface area contributed by atoms with Crippen LogP contribution in [0.3, 0.4) is 0 Å². The maximum absolute atomic E-state index is 12.1. The number of carbonyl (C=O) groups is 1. The molecule has 0 saturated heterocycles. The third-order valence-electron chi connectivity index (χ3n) is 3.47. The highest BCUT2D eigenvalue weighted by Gasteiger charge is 2.14. The van der Waals surface area contributed by atoms with Gasteiger partial charge in [0, 0.05) is 0 Å². The fraction of sp³-hybridized carbons (Fsp3) is 0.316. The number of benzene rings is 2. The van der Waals surface area contributed by atoms with Crippen molar-refractivity contribution >= 4 is 5.91 Å². The van der Waals surface area contributed by atoms with Crippen LogP contribution in [0.15, 0.2) is 48.5 Å². The third kappa shape index (κ3) is 5.60. The largest absolute Gasteiger partial charge is 0.497 e. The van der Waals surface area contributed by atoms with Crippen LogP contribution < -0.4 is 24.3 Å². The molecule has 1 amide bonds. The zero-order chi connectivity index (χ0) is 18.1. The Hall–Kier alpha value is -2.89. The van der Waals surface area contributed by atoms with Crippen molar-refractivity contribution in [1.82, 2.24) is 5.32 Å². The van der Waals surface area contributed by atoms with Crippen LogP contribution in [0.1, 0.15) is 6.92 Å². The van der Waals surface area contributed by atoms with Crippen LogP contribution in [0.5, 0.6) is 23.0 Å². The van der Waals surface area contributed by atoms with E-state index in [9.17, 15) is 4.79 Å². The van der Waals surface area contributed by atoms with Crippen molar-refractivity contribution in [2.24, 2.45) is 0 Å². The number of ether oxygens (including phenoxy) is 4. The summed E-state index contributed by atoms with van der Waals surface area (Å²) in [5.41, 5.74) is 0. The zero-order valence-electron chi connectivity index (χ0n) is 14.7. The fourth-order valence-corrected chi connectivity index (χ4v) is 2.13. The molecule has 0 aliphatic carbocycles. The number of amides is 1. The topological polar surface area (TPSA) is 66.0 Å². The summed E-state index contributed by atoms with van der Waals surface area (Å²) in [6.45, 7) is 2.40. The molecule has 0 aliphatic heterocycles. The van der Waals surface area contributed by atoms with Crippen LogP contribution in [-0.2, 0) is 4.79 Å². The number of hydrogen-bond donors (Lipinski definition) is 1. The maximum Gasteiger partial charge on any atom is 0.260 e. The van der Waals surface area contributed by atoms with E-state index in [0.717, 1.165) is 5.75 Å². The Balaban J connectivity index is 1.73. The molecule has 6 heteroatoms. The van der Waals surface area contributed by atoms with Crippen LogP contribution in [0.25, 0.3) is 0 Å². The van der Waals surface area contributed by atoms with E-state index >= 15 is 0 Å². The van der Waals surface area contributed by atoms with Crippen molar-refractivity contribution in [2.75, 3.05) is 27.4 Å². The van der Waals surface area contributed by atoms with Crippen molar-refractivity contribution in [3.63, 3.8) is 0 Å². The second kappa shape index (κ2) is 9.42. The minimum Gasteiger partial charge on any atom is -0.497 e. The van der Waals surface area contributed by atoms with E-state index in [-0.39, 0.29) is 5.91 Å². The lowest BCUT2D eigenvalue weighted by molar-refractivity contribution is -0.127. The normalized spacial score (nSPS) is 11.3. The van der Waals surface area contributed by atoms with Gasteiger partial charge in [0.15, 0.2) is 17.6 Å². The molecule has 2 rings (SSSR count). The quantitative estimate of drug-likeness (QED) is 0.708. The molecule has 25 heavy (non-hydrogen) atoms. The molecule has 1 N–H and O–H groups in total. The van der Waals surface area contributed by atoms with Gasteiger partial charge in [0.2, 0.25) is 0 Å². The maximum atomic E-state index is 12.1. The summed E-state index contributed by atoms with van der Waals surface area (Å²) in [5.74, 6) is 2.43. The zero-order valence-corrected chi connectivity index (χ0v) is 14.7. The highest BCUT2D eigenvalue weighted by molar-refractivity contribution is 5.80. The Morgan fingerprint density at radius 1 is 0.960 bits per heavy atom. The molecule has 0 saturated carbocycles. The van der Waals surface area contributed by atoms with E-state index in [1.807, 2.05) is 24.3 Å². The molecule has 1 atom stereocenters. The van der Waals surface area contributed by atoms with Crippen LogP contribution >= 0.6 is 0 Å². The number of hydrogen-bond acceptors (Lipinski definition) is 5. The first kappa shape index (κ1) is 18.4. The second-order valence-corrected chi connectivity index (χ2v) is 5.23. The molecular weight excluding hydrogens is 322 g/mol. The van der Waals surface area contributed by atoms with Gasteiger partial charge in [0.05, 0.1) is 20.8 Å². The monoisotopic (exact) mass is 345 g/mol. The van der Waals surface area contributed by atoms with Crippen LogP contribution in [0, 0.1) is 0 Å². The summed E-state index contributed by atoms with van der Waals surface area (Å²) in [7, 11) is 3.18.